The Bertz CT molecular complexity index is 948. The number of sulfone groups is 1. The van der Waals surface area contributed by atoms with Crippen LogP contribution in [0.5, 0.6) is 0 Å². The number of hydrogen-bond donors (Lipinski definition) is 1. The lowest BCUT2D eigenvalue weighted by molar-refractivity contribution is -0.111. The van der Waals surface area contributed by atoms with Gasteiger partial charge in [0.2, 0.25) is 0 Å². The zero-order valence-electron chi connectivity index (χ0n) is 15.1. The molecule has 1 fully saturated rings. The van der Waals surface area contributed by atoms with Crippen molar-refractivity contribution >= 4 is 37.8 Å². The zero-order valence-corrected chi connectivity index (χ0v) is 16.8. The second-order valence-corrected chi connectivity index (χ2v) is 9.74. The topological polar surface area (TPSA) is 76.1 Å². The molecular formula is C19H20F2N2O3S2. The number of anilines is 1. The molecule has 1 saturated carbocycles. The van der Waals surface area contributed by atoms with Crippen LogP contribution in [0.2, 0.25) is 0 Å². The molecule has 150 valence electrons. The Balaban J connectivity index is 1.92. The molecule has 5 nitrogen and oxygen atoms in total. The van der Waals surface area contributed by atoms with E-state index in [4.69, 9.17) is 0 Å². The predicted molar refractivity (Wildman–Crippen MR) is 105 cm³/mol. The number of aromatic nitrogens is 1. The van der Waals surface area contributed by atoms with E-state index in [2.05, 4.69) is 10.3 Å². The molecule has 1 N–H and O–H groups in total. The van der Waals surface area contributed by atoms with Crippen LogP contribution in [0.25, 0.3) is 5.57 Å². The Morgan fingerprint density at radius 3 is 2.43 bits per heavy atom. The number of hydrogen-bond acceptors (Lipinski definition) is 5. The zero-order chi connectivity index (χ0) is 20.3. The minimum absolute atomic E-state index is 0.0114. The number of allylic oxidation sites excluding steroid dienone is 1. The number of thiazole rings is 1. The van der Waals surface area contributed by atoms with Crippen LogP contribution in [0.15, 0.2) is 46.8 Å². The molecule has 0 saturated heterocycles. The van der Waals surface area contributed by atoms with Gasteiger partial charge in [0.05, 0.1) is 10.6 Å². The number of benzene rings is 1. The van der Waals surface area contributed by atoms with E-state index < -0.39 is 34.0 Å². The fourth-order valence-electron chi connectivity index (χ4n) is 3.10. The second kappa shape index (κ2) is 8.48. The standard InChI is InChI=1S/C19H20F2N2O3S2/c1-2-28(25,26)14-5-3-13(4-6-14)15(9-12-10-16(20)17(21)11-12)18(24)23-19-22-7-8-27-19/h3-9,12,16-17H,2,10-11H2,1H3,(H,22,23,24)/t12?,16-,17+. The molecule has 0 bridgehead atoms. The molecule has 1 aliphatic carbocycles. The summed E-state index contributed by atoms with van der Waals surface area (Å²) in [7, 11) is -3.37. The summed E-state index contributed by atoms with van der Waals surface area (Å²) in [6, 6.07) is 5.93. The van der Waals surface area contributed by atoms with E-state index in [-0.39, 0.29) is 29.1 Å². The van der Waals surface area contributed by atoms with Crippen molar-refractivity contribution in [3.8, 4) is 0 Å². The molecule has 1 aromatic carbocycles. The van der Waals surface area contributed by atoms with Gasteiger partial charge in [-0.05, 0) is 36.5 Å². The molecule has 2 aromatic rings. The van der Waals surface area contributed by atoms with Crippen LogP contribution >= 0.6 is 11.3 Å². The first kappa shape index (κ1) is 20.6. The summed E-state index contributed by atoms with van der Waals surface area (Å²) in [6.45, 7) is 1.55. The van der Waals surface area contributed by atoms with E-state index in [0.717, 1.165) is 0 Å². The van der Waals surface area contributed by atoms with Crippen molar-refractivity contribution in [3.05, 3.63) is 47.5 Å². The summed E-state index contributed by atoms with van der Waals surface area (Å²) in [5, 5.41) is 4.78. The fraction of sp³-hybridized carbons (Fsp3) is 0.368. The van der Waals surface area contributed by atoms with Crippen molar-refractivity contribution in [2.24, 2.45) is 5.92 Å². The maximum absolute atomic E-state index is 13.6. The molecule has 28 heavy (non-hydrogen) atoms. The Kier molecular flexibility index (Phi) is 6.24. The fourth-order valence-corrected chi connectivity index (χ4v) is 4.51. The van der Waals surface area contributed by atoms with Gasteiger partial charge in [0.25, 0.3) is 5.91 Å². The van der Waals surface area contributed by atoms with Crippen molar-refractivity contribution in [1.82, 2.24) is 4.98 Å². The summed E-state index contributed by atoms with van der Waals surface area (Å²) in [5.74, 6) is -0.905. The van der Waals surface area contributed by atoms with E-state index in [1.165, 1.54) is 35.6 Å². The molecule has 1 heterocycles. The number of halogens is 2. The normalized spacial score (nSPS) is 23.0. The molecule has 9 heteroatoms. The maximum atomic E-state index is 13.6. The number of nitrogens with zero attached hydrogens (tertiary/aromatic N) is 1. The summed E-state index contributed by atoms with van der Waals surface area (Å²) in [6.07, 6.45) is 0.0584. The third kappa shape index (κ3) is 4.64. The highest BCUT2D eigenvalue weighted by molar-refractivity contribution is 7.91. The average Bonchev–Trinajstić information content (AvgIpc) is 3.29. The van der Waals surface area contributed by atoms with E-state index in [1.54, 1.807) is 24.6 Å². The van der Waals surface area contributed by atoms with Crippen LogP contribution in [-0.4, -0.2) is 37.4 Å². The van der Waals surface area contributed by atoms with E-state index in [0.29, 0.717) is 10.7 Å². The highest BCUT2D eigenvalue weighted by atomic mass is 32.2. The smallest absolute Gasteiger partial charge is 0.257 e. The van der Waals surface area contributed by atoms with Gasteiger partial charge in [0.1, 0.15) is 12.3 Å². The molecule has 1 aromatic heterocycles. The Morgan fingerprint density at radius 1 is 1.25 bits per heavy atom. The molecule has 3 rings (SSSR count). The molecule has 0 spiro atoms. The largest absolute Gasteiger partial charge is 0.298 e. The van der Waals surface area contributed by atoms with Gasteiger partial charge in [-0.3, -0.25) is 10.1 Å². The van der Waals surface area contributed by atoms with Crippen molar-refractivity contribution < 1.29 is 22.0 Å². The number of nitrogens with one attached hydrogen (secondary N) is 1. The number of alkyl halides is 2. The molecular weight excluding hydrogens is 406 g/mol. The summed E-state index contributed by atoms with van der Waals surface area (Å²) in [4.78, 5) is 16.9. The SMILES string of the molecule is CCS(=O)(=O)c1ccc(C(=CC2C[C@@H](F)[C@@H](F)C2)C(=O)Nc2nccs2)cc1. The van der Waals surface area contributed by atoms with Gasteiger partial charge >= 0.3 is 0 Å². The molecule has 0 radical (unpaired) electrons. The van der Waals surface area contributed by atoms with Crippen molar-refractivity contribution in [1.29, 1.82) is 0 Å². The number of rotatable bonds is 6. The first-order valence-corrected chi connectivity index (χ1v) is 11.4. The molecule has 1 aliphatic rings. The quantitative estimate of drug-likeness (QED) is 0.707. The van der Waals surface area contributed by atoms with Gasteiger partial charge in [-0.1, -0.05) is 25.1 Å². The molecule has 1 amide bonds. The van der Waals surface area contributed by atoms with Gasteiger partial charge in [0.15, 0.2) is 15.0 Å². The van der Waals surface area contributed by atoms with Crippen molar-refractivity contribution in [2.75, 3.05) is 11.1 Å². The van der Waals surface area contributed by atoms with Crippen LogP contribution in [0, 0.1) is 5.92 Å². The monoisotopic (exact) mass is 426 g/mol. The Hall–Kier alpha value is -2.13. The summed E-state index contributed by atoms with van der Waals surface area (Å²) in [5.41, 5.74) is 0.712. The van der Waals surface area contributed by atoms with Crippen LogP contribution in [-0.2, 0) is 14.6 Å². The van der Waals surface area contributed by atoms with Crippen LogP contribution in [0.4, 0.5) is 13.9 Å². The summed E-state index contributed by atoms with van der Waals surface area (Å²) < 4.78 is 51.1. The minimum atomic E-state index is -3.37. The van der Waals surface area contributed by atoms with Gasteiger partial charge in [-0.25, -0.2) is 22.2 Å². The number of carbonyl (C=O) groups is 1. The summed E-state index contributed by atoms with van der Waals surface area (Å²) >= 11 is 1.25. The van der Waals surface area contributed by atoms with Gasteiger partial charge in [-0.2, -0.15) is 0 Å². The highest BCUT2D eigenvalue weighted by Gasteiger charge is 2.34. The minimum Gasteiger partial charge on any atom is -0.298 e. The second-order valence-electron chi connectivity index (χ2n) is 6.56. The Labute approximate surface area is 166 Å². The van der Waals surface area contributed by atoms with Gasteiger partial charge < -0.3 is 0 Å². The Morgan fingerprint density at radius 2 is 1.89 bits per heavy atom. The molecule has 0 aliphatic heterocycles. The lowest BCUT2D eigenvalue weighted by Crippen LogP contribution is -2.15. The highest BCUT2D eigenvalue weighted by Crippen LogP contribution is 2.34. The first-order chi connectivity index (χ1) is 13.3. The molecule has 1 unspecified atom stereocenters. The maximum Gasteiger partial charge on any atom is 0.257 e. The number of carbonyl (C=O) groups excluding carboxylic acids is 1. The lowest BCUT2D eigenvalue weighted by Gasteiger charge is -2.11. The predicted octanol–water partition coefficient (Wildman–Crippen LogP) is 4.05. The van der Waals surface area contributed by atoms with E-state index in [9.17, 15) is 22.0 Å². The van der Waals surface area contributed by atoms with Gasteiger partial charge in [0, 0.05) is 17.2 Å². The van der Waals surface area contributed by atoms with Crippen LogP contribution in [0.1, 0.15) is 25.3 Å². The van der Waals surface area contributed by atoms with Crippen molar-refractivity contribution in [2.45, 2.75) is 37.0 Å². The lowest BCUT2D eigenvalue weighted by atomic mass is 9.98. The average molecular weight is 427 g/mol. The van der Waals surface area contributed by atoms with Crippen molar-refractivity contribution in [3.63, 3.8) is 0 Å². The molecule has 3 atom stereocenters. The first-order valence-electron chi connectivity index (χ1n) is 8.84. The van der Waals surface area contributed by atoms with E-state index in [1.807, 2.05) is 0 Å². The van der Waals surface area contributed by atoms with Crippen LogP contribution < -0.4 is 5.32 Å². The van der Waals surface area contributed by atoms with Gasteiger partial charge in [-0.15, -0.1) is 11.3 Å². The number of amides is 1. The third-order valence-corrected chi connectivity index (χ3v) is 7.09. The third-order valence-electron chi connectivity index (χ3n) is 4.65. The van der Waals surface area contributed by atoms with Crippen LogP contribution in [0.3, 0.4) is 0 Å². The van der Waals surface area contributed by atoms with E-state index >= 15 is 0 Å².